The highest BCUT2D eigenvalue weighted by Crippen LogP contribution is 2.33. The molecule has 0 saturated heterocycles. The van der Waals surface area contributed by atoms with Crippen LogP contribution in [0, 0.1) is 5.92 Å². The summed E-state index contributed by atoms with van der Waals surface area (Å²) in [7, 11) is 1.53. The molecule has 1 aliphatic rings. The Morgan fingerprint density at radius 3 is 2.58 bits per heavy atom. The number of pyridine rings is 2. The van der Waals surface area contributed by atoms with Gasteiger partial charge >= 0.3 is 11.9 Å². The van der Waals surface area contributed by atoms with Gasteiger partial charge in [0.1, 0.15) is 5.75 Å². The van der Waals surface area contributed by atoms with Gasteiger partial charge in [-0.15, -0.1) is 0 Å². The molecule has 0 bridgehead atoms. The molecule has 3 aromatic heterocycles. The highest BCUT2D eigenvalue weighted by molar-refractivity contribution is 6.32. The first kappa shape index (κ1) is 28.0. The largest absolute Gasteiger partial charge is 0.497 e. The fourth-order valence-corrected chi connectivity index (χ4v) is 5.48. The third-order valence-electron chi connectivity index (χ3n) is 7.07. The van der Waals surface area contributed by atoms with Gasteiger partial charge in [0.05, 0.1) is 33.9 Å². The number of amides is 1. The standard InChI is InChI=1S/C27H24Cl2F3N5O3/c1-40-18-8-9-20(29)22(12-18)37-21-3-2-10-33-24(21)36(26(37)39)14-15-4-6-17(7-5-15)35-25(38)19-11-16(28)13-34-23(19)27(30,31)32/h2-3,8-13,15,17H,4-7,14H2,1H3,(H,35,38)/t15-,17-. The summed E-state index contributed by atoms with van der Waals surface area (Å²) in [5.41, 5.74) is -0.601. The average molecular weight is 594 g/mol. The summed E-state index contributed by atoms with van der Waals surface area (Å²) in [5.74, 6) is -0.233. The zero-order valence-electron chi connectivity index (χ0n) is 21.2. The van der Waals surface area contributed by atoms with E-state index in [0.717, 1.165) is 12.3 Å². The van der Waals surface area contributed by atoms with E-state index in [0.29, 0.717) is 59.9 Å². The summed E-state index contributed by atoms with van der Waals surface area (Å²) < 4.78 is 48.5. The van der Waals surface area contributed by atoms with E-state index in [1.807, 2.05) is 0 Å². The van der Waals surface area contributed by atoms with Gasteiger partial charge in [-0.25, -0.2) is 14.8 Å². The average Bonchev–Trinajstić information content (AvgIpc) is 3.20. The quantitative estimate of drug-likeness (QED) is 0.300. The number of benzene rings is 1. The molecule has 210 valence electrons. The third-order valence-corrected chi connectivity index (χ3v) is 7.60. The van der Waals surface area contributed by atoms with E-state index in [4.69, 9.17) is 27.9 Å². The van der Waals surface area contributed by atoms with Gasteiger partial charge in [0, 0.05) is 31.0 Å². The van der Waals surface area contributed by atoms with Crippen molar-refractivity contribution in [1.29, 1.82) is 0 Å². The Kier molecular flexibility index (Phi) is 7.78. The smallest absolute Gasteiger partial charge is 0.434 e. The molecule has 1 aromatic carbocycles. The second kappa shape index (κ2) is 11.1. The molecule has 3 heterocycles. The number of alkyl halides is 3. The predicted octanol–water partition coefficient (Wildman–Crippen LogP) is 5.91. The van der Waals surface area contributed by atoms with Crippen LogP contribution in [-0.2, 0) is 12.7 Å². The molecule has 40 heavy (non-hydrogen) atoms. The first-order chi connectivity index (χ1) is 19.1. The second-order valence-electron chi connectivity index (χ2n) is 9.63. The first-order valence-corrected chi connectivity index (χ1v) is 13.3. The van der Waals surface area contributed by atoms with Crippen LogP contribution in [0.3, 0.4) is 0 Å². The molecule has 1 aliphatic carbocycles. The van der Waals surface area contributed by atoms with E-state index < -0.39 is 23.3 Å². The summed E-state index contributed by atoms with van der Waals surface area (Å²) in [6.45, 7) is 0.387. The van der Waals surface area contributed by atoms with Gasteiger partial charge in [0.15, 0.2) is 11.3 Å². The SMILES string of the molecule is COc1ccc(Cl)c(-n2c(=O)n(C[C@H]3CC[C@H](NC(=O)c4cc(Cl)cnc4C(F)(F)F)CC3)c3ncccc32)c1. The Morgan fingerprint density at radius 1 is 1.12 bits per heavy atom. The topological polar surface area (TPSA) is 91.0 Å². The number of nitrogens with one attached hydrogen (secondary N) is 1. The van der Waals surface area contributed by atoms with Crippen molar-refractivity contribution in [3.63, 3.8) is 0 Å². The van der Waals surface area contributed by atoms with Crippen LogP contribution in [-0.4, -0.2) is 38.2 Å². The number of nitrogens with zero attached hydrogens (tertiary/aromatic N) is 4. The Hall–Kier alpha value is -3.57. The van der Waals surface area contributed by atoms with Gasteiger partial charge in [0.25, 0.3) is 5.91 Å². The van der Waals surface area contributed by atoms with Gasteiger partial charge in [0.2, 0.25) is 0 Å². The van der Waals surface area contributed by atoms with E-state index in [9.17, 15) is 22.8 Å². The highest BCUT2D eigenvalue weighted by atomic mass is 35.5. The number of carbonyl (C=O) groups is 1. The molecule has 4 aromatic rings. The Labute approximate surface area is 236 Å². The van der Waals surface area contributed by atoms with Crippen LogP contribution >= 0.6 is 23.2 Å². The third kappa shape index (κ3) is 5.53. The number of aromatic nitrogens is 4. The molecular formula is C27H24Cl2F3N5O3. The van der Waals surface area contributed by atoms with Crippen LogP contribution < -0.4 is 15.7 Å². The van der Waals surface area contributed by atoms with Crippen molar-refractivity contribution in [2.45, 2.75) is 44.4 Å². The molecule has 0 atom stereocenters. The van der Waals surface area contributed by atoms with Gasteiger partial charge in [-0.2, -0.15) is 13.2 Å². The van der Waals surface area contributed by atoms with Gasteiger partial charge in [-0.05, 0) is 61.9 Å². The lowest BCUT2D eigenvalue weighted by atomic mass is 9.85. The lowest BCUT2D eigenvalue weighted by molar-refractivity contribution is -0.141. The number of hydrogen-bond acceptors (Lipinski definition) is 5. The van der Waals surface area contributed by atoms with Crippen molar-refractivity contribution in [3.05, 3.63) is 80.6 Å². The maximum absolute atomic E-state index is 13.6. The molecule has 0 aliphatic heterocycles. The van der Waals surface area contributed by atoms with E-state index in [1.165, 1.54) is 11.7 Å². The Bertz CT molecular complexity index is 1630. The molecule has 1 saturated carbocycles. The molecule has 8 nitrogen and oxygen atoms in total. The number of rotatable bonds is 6. The normalized spacial score (nSPS) is 17.6. The zero-order chi connectivity index (χ0) is 28.6. The number of methoxy groups -OCH3 is 1. The summed E-state index contributed by atoms with van der Waals surface area (Å²) >= 11 is 12.3. The minimum Gasteiger partial charge on any atom is -0.497 e. The molecule has 1 fully saturated rings. The molecule has 1 amide bonds. The van der Waals surface area contributed by atoms with Crippen molar-refractivity contribution < 1.29 is 22.7 Å². The number of carbonyl (C=O) groups excluding carboxylic acids is 1. The molecule has 0 spiro atoms. The highest BCUT2D eigenvalue weighted by Gasteiger charge is 2.38. The fourth-order valence-electron chi connectivity index (χ4n) is 5.12. The number of fused-ring (bicyclic) bond motifs is 1. The molecule has 5 rings (SSSR count). The van der Waals surface area contributed by atoms with Crippen LogP contribution in [0.5, 0.6) is 5.75 Å². The minimum atomic E-state index is -4.79. The van der Waals surface area contributed by atoms with Crippen LogP contribution in [0.1, 0.15) is 41.7 Å². The number of imidazole rings is 1. The minimum absolute atomic E-state index is 0.0599. The van der Waals surface area contributed by atoms with Crippen molar-refractivity contribution in [2.75, 3.05) is 7.11 Å². The zero-order valence-corrected chi connectivity index (χ0v) is 22.7. The van der Waals surface area contributed by atoms with Crippen molar-refractivity contribution >= 4 is 40.3 Å². The van der Waals surface area contributed by atoms with Crippen molar-refractivity contribution in [3.8, 4) is 11.4 Å². The second-order valence-corrected chi connectivity index (χ2v) is 10.5. The maximum Gasteiger partial charge on any atom is 0.434 e. The Morgan fingerprint density at radius 2 is 1.88 bits per heavy atom. The molecular weight excluding hydrogens is 570 g/mol. The molecule has 1 N–H and O–H groups in total. The van der Waals surface area contributed by atoms with Crippen molar-refractivity contribution in [2.24, 2.45) is 5.92 Å². The van der Waals surface area contributed by atoms with Gasteiger partial charge in [-0.3, -0.25) is 13.9 Å². The number of hydrogen-bond donors (Lipinski definition) is 1. The van der Waals surface area contributed by atoms with Gasteiger partial charge in [-0.1, -0.05) is 23.2 Å². The monoisotopic (exact) mass is 593 g/mol. The van der Waals surface area contributed by atoms with Gasteiger partial charge < -0.3 is 10.1 Å². The number of halogens is 5. The maximum atomic E-state index is 13.6. The summed E-state index contributed by atoms with van der Waals surface area (Å²) in [5, 5.41) is 3.01. The van der Waals surface area contributed by atoms with Crippen LogP contribution in [0.15, 0.2) is 53.6 Å². The van der Waals surface area contributed by atoms with E-state index in [2.05, 4.69) is 15.3 Å². The predicted molar refractivity (Wildman–Crippen MR) is 144 cm³/mol. The van der Waals surface area contributed by atoms with E-state index in [-0.39, 0.29) is 22.7 Å². The first-order valence-electron chi connectivity index (χ1n) is 12.5. The van der Waals surface area contributed by atoms with Crippen LogP contribution in [0.2, 0.25) is 10.0 Å². The van der Waals surface area contributed by atoms with Crippen molar-refractivity contribution in [1.82, 2.24) is 24.4 Å². The van der Waals surface area contributed by atoms with Crippen LogP contribution in [0.25, 0.3) is 16.9 Å². The summed E-state index contributed by atoms with van der Waals surface area (Å²) in [4.78, 5) is 34.1. The lowest BCUT2D eigenvalue weighted by Crippen LogP contribution is -2.39. The Balaban J connectivity index is 1.33. The lowest BCUT2D eigenvalue weighted by Gasteiger charge is -2.29. The molecule has 13 heteroatoms. The molecule has 0 unspecified atom stereocenters. The van der Waals surface area contributed by atoms with Crippen LogP contribution in [0.4, 0.5) is 13.2 Å². The summed E-state index contributed by atoms with van der Waals surface area (Å²) in [6, 6.07) is 9.24. The molecule has 0 radical (unpaired) electrons. The summed E-state index contributed by atoms with van der Waals surface area (Å²) in [6.07, 6.45) is 0.0606. The number of ether oxygens (including phenoxy) is 1. The fraction of sp³-hybridized carbons (Fsp3) is 0.333. The van der Waals surface area contributed by atoms with E-state index in [1.54, 1.807) is 41.1 Å². The van der Waals surface area contributed by atoms with E-state index >= 15 is 0 Å².